The number of amides is 1. The van der Waals surface area contributed by atoms with Crippen molar-refractivity contribution in [2.45, 2.75) is 46.8 Å². The highest BCUT2D eigenvalue weighted by molar-refractivity contribution is 7.18. The molecule has 3 aromatic rings. The molecule has 1 aromatic carbocycles. The van der Waals surface area contributed by atoms with Crippen LogP contribution in [0.4, 0.5) is 10.7 Å². The van der Waals surface area contributed by atoms with Crippen LogP contribution in [0.5, 0.6) is 5.75 Å². The number of nitrogens with one attached hydrogen (secondary N) is 1. The van der Waals surface area contributed by atoms with Gasteiger partial charge >= 0.3 is 17.6 Å². The number of nitrogens with zero attached hydrogens (tertiary/aromatic N) is 1. The van der Waals surface area contributed by atoms with Gasteiger partial charge in [-0.3, -0.25) is 14.9 Å². The monoisotopic (exact) mass is 530 g/mol. The Hall–Kier alpha value is -4.19. The number of para-hydroxylation sites is 2. The molecule has 0 saturated carbocycles. The van der Waals surface area contributed by atoms with Crippen LogP contribution in [-0.4, -0.2) is 35.0 Å². The second kappa shape index (κ2) is 11.2. The second-order valence-electron chi connectivity index (χ2n) is 8.72. The lowest BCUT2D eigenvalue weighted by Gasteiger charge is -2.20. The molecular formula is C25H26N2O9S. The smallest absolute Gasteiger partial charge is 0.348 e. The van der Waals surface area contributed by atoms with Gasteiger partial charge in [0.15, 0.2) is 11.5 Å². The molecule has 37 heavy (non-hydrogen) atoms. The first-order valence-electron chi connectivity index (χ1n) is 11.2. The topological polar surface area (TPSA) is 147 Å². The number of ether oxygens (including phenoxy) is 3. The minimum Gasteiger partial charge on any atom is -0.479 e. The highest BCUT2D eigenvalue weighted by atomic mass is 32.1. The number of hydrogen-bond acceptors (Lipinski definition) is 10. The number of hydrogen-bond donors (Lipinski definition) is 1. The summed E-state index contributed by atoms with van der Waals surface area (Å²) in [5, 5.41) is 13.9. The van der Waals surface area contributed by atoms with Crippen molar-refractivity contribution in [3.8, 4) is 5.75 Å². The number of thiophene rings is 1. The van der Waals surface area contributed by atoms with Gasteiger partial charge in [-0.25, -0.2) is 9.59 Å². The van der Waals surface area contributed by atoms with Gasteiger partial charge in [-0.05, 0) is 58.4 Å². The molecule has 0 radical (unpaired) electrons. The van der Waals surface area contributed by atoms with E-state index in [9.17, 15) is 24.5 Å². The Morgan fingerprint density at radius 3 is 2.46 bits per heavy atom. The Kier molecular flexibility index (Phi) is 8.33. The van der Waals surface area contributed by atoms with Crippen molar-refractivity contribution in [1.82, 2.24) is 0 Å². The van der Waals surface area contributed by atoms with Crippen LogP contribution in [0.25, 0.3) is 0 Å². The summed E-state index contributed by atoms with van der Waals surface area (Å²) in [5.74, 6) is -1.81. The third kappa shape index (κ3) is 6.73. The summed E-state index contributed by atoms with van der Waals surface area (Å²) < 4.78 is 21.6. The molecule has 1 N–H and O–H groups in total. The first-order chi connectivity index (χ1) is 17.4. The number of nitro benzene ring substituents is 1. The molecule has 196 valence electrons. The number of furan rings is 1. The Morgan fingerprint density at radius 2 is 1.81 bits per heavy atom. The van der Waals surface area contributed by atoms with Crippen LogP contribution in [0.3, 0.4) is 0 Å². The normalized spacial score (nSPS) is 11.1. The standard InChI is InChI=1S/C25H26N2O9S/c1-6-33-24(30)20-14(2)19(23(29)36-25(3,4)5)22(37-20)26-21(28)18-12-11-15(35-18)13-34-17-10-8-7-9-16(17)27(31)32/h7-12H,6,13H2,1-5H3,(H,26,28). The van der Waals surface area contributed by atoms with Crippen molar-refractivity contribution in [3.05, 3.63) is 74.0 Å². The fourth-order valence-corrected chi connectivity index (χ4v) is 4.27. The number of nitro groups is 1. The number of carbonyl (C=O) groups is 3. The quantitative estimate of drug-likeness (QED) is 0.214. The van der Waals surface area contributed by atoms with Crippen molar-refractivity contribution < 1.29 is 37.9 Å². The molecule has 0 unspecified atom stereocenters. The van der Waals surface area contributed by atoms with E-state index < -0.39 is 28.4 Å². The zero-order valence-electron chi connectivity index (χ0n) is 20.9. The van der Waals surface area contributed by atoms with E-state index in [1.165, 1.54) is 30.3 Å². The van der Waals surface area contributed by atoms with E-state index >= 15 is 0 Å². The maximum Gasteiger partial charge on any atom is 0.348 e. The third-order valence-corrected chi connectivity index (χ3v) is 5.94. The average Bonchev–Trinajstić information content (AvgIpc) is 3.41. The summed E-state index contributed by atoms with van der Waals surface area (Å²) >= 11 is 0.893. The summed E-state index contributed by atoms with van der Waals surface area (Å²) in [4.78, 5) is 49.0. The average molecular weight is 531 g/mol. The van der Waals surface area contributed by atoms with Crippen LogP contribution >= 0.6 is 11.3 Å². The minimum absolute atomic E-state index is 0.0443. The predicted molar refractivity (Wildman–Crippen MR) is 134 cm³/mol. The van der Waals surface area contributed by atoms with E-state index in [1.54, 1.807) is 40.7 Å². The number of carbonyl (C=O) groups excluding carboxylic acids is 3. The molecule has 0 aliphatic carbocycles. The van der Waals surface area contributed by atoms with E-state index in [4.69, 9.17) is 18.6 Å². The first-order valence-corrected chi connectivity index (χ1v) is 12.0. The van der Waals surface area contributed by atoms with E-state index in [0.717, 1.165) is 11.3 Å². The van der Waals surface area contributed by atoms with Gasteiger partial charge < -0.3 is 23.9 Å². The molecule has 0 fully saturated rings. The molecule has 1 amide bonds. The third-order valence-electron chi connectivity index (χ3n) is 4.76. The van der Waals surface area contributed by atoms with Crippen LogP contribution in [0.1, 0.15) is 69.6 Å². The van der Waals surface area contributed by atoms with E-state index in [2.05, 4.69) is 5.32 Å². The van der Waals surface area contributed by atoms with E-state index in [0.29, 0.717) is 5.56 Å². The maximum atomic E-state index is 12.9. The predicted octanol–water partition coefficient (Wildman–Crippen LogP) is 5.52. The summed E-state index contributed by atoms with van der Waals surface area (Å²) in [6, 6.07) is 8.76. The molecule has 2 aromatic heterocycles. The summed E-state index contributed by atoms with van der Waals surface area (Å²) in [5.41, 5.74) is -0.637. The first kappa shape index (κ1) is 27.4. The molecule has 12 heteroatoms. The number of esters is 2. The van der Waals surface area contributed by atoms with E-state index in [-0.39, 0.29) is 51.6 Å². The van der Waals surface area contributed by atoms with Gasteiger partial charge in [0, 0.05) is 6.07 Å². The lowest BCUT2D eigenvalue weighted by atomic mass is 10.1. The number of rotatable bonds is 9. The van der Waals surface area contributed by atoms with Crippen molar-refractivity contribution in [1.29, 1.82) is 0 Å². The molecular weight excluding hydrogens is 504 g/mol. The van der Waals surface area contributed by atoms with Crippen LogP contribution in [0, 0.1) is 17.0 Å². The Balaban J connectivity index is 1.81. The summed E-state index contributed by atoms with van der Waals surface area (Å²) in [6.45, 7) is 8.32. The van der Waals surface area contributed by atoms with Gasteiger partial charge in [-0.1, -0.05) is 12.1 Å². The molecule has 0 bridgehead atoms. The van der Waals surface area contributed by atoms with Crippen LogP contribution in [0.2, 0.25) is 0 Å². The van der Waals surface area contributed by atoms with Crippen LogP contribution < -0.4 is 10.1 Å². The number of benzene rings is 1. The lowest BCUT2D eigenvalue weighted by Crippen LogP contribution is -2.25. The Labute approximate surface area is 216 Å². The van der Waals surface area contributed by atoms with Gasteiger partial charge in [-0.15, -0.1) is 11.3 Å². The van der Waals surface area contributed by atoms with Gasteiger partial charge in [-0.2, -0.15) is 0 Å². The van der Waals surface area contributed by atoms with Gasteiger partial charge in [0.25, 0.3) is 5.91 Å². The molecule has 0 aliphatic heterocycles. The van der Waals surface area contributed by atoms with Crippen molar-refractivity contribution in [2.75, 3.05) is 11.9 Å². The Morgan fingerprint density at radius 1 is 1.11 bits per heavy atom. The van der Waals surface area contributed by atoms with E-state index in [1.807, 2.05) is 0 Å². The van der Waals surface area contributed by atoms with Crippen LogP contribution in [0.15, 0.2) is 40.8 Å². The maximum absolute atomic E-state index is 12.9. The molecule has 0 saturated heterocycles. The highest BCUT2D eigenvalue weighted by Gasteiger charge is 2.30. The SMILES string of the molecule is CCOC(=O)c1sc(NC(=O)c2ccc(COc3ccccc3[N+](=O)[O-])o2)c(C(=O)OC(C)(C)C)c1C. The molecule has 11 nitrogen and oxygen atoms in total. The largest absolute Gasteiger partial charge is 0.479 e. The van der Waals surface area contributed by atoms with Crippen molar-refractivity contribution in [3.63, 3.8) is 0 Å². The van der Waals surface area contributed by atoms with Crippen molar-refractivity contribution in [2.24, 2.45) is 0 Å². The minimum atomic E-state index is -0.805. The van der Waals surface area contributed by atoms with Crippen LogP contribution in [-0.2, 0) is 16.1 Å². The van der Waals surface area contributed by atoms with Crippen molar-refractivity contribution >= 4 is 39.9 Å². The fraction of sp³-hybridized carbons (Fsp3) is 0.320. The molecule has 2 heterocycles. The van der Waals surface area contributed by atoms with Gasteiger partial charge in [0.2, 0.25) is 0 Å². The molecule has 3 rings (SSSR count). The fourth-order valence-electron chi connectivity index (χ4n) is 3.19. The highest BCUT2D eigenvalue weighted by Crippen LogP contribution is 2.35. The molecule has 0 spiro atoms. The summed E-state index contributed by atoms with van der Waals surface area (Å²) in [6.07, 6.45) is 0. The number of anilines is 1. The lowest BCUT2D eigenvalue weighted by molar-refractivity contribution is -0.386. The Bertz CT molecular complexity index is 1330. The zero-order valence-corrected chi connectivity index (χ0v) is 21.7. The zero-order chi connectivity index (χ0) is 27.3. The van der Waals surface area contributed by atoms with Gasteiger partial charge in [0.05, 0.1) is 17.1 Å². The molecule has 0 atom stereocenters. The summed E-state index contributed by atoms with van der Waals surface area (Å²) in [7, 11) is 0. The molecule has 0 aliphatic rings. The van der Waals surface area contributed by atoms with Gasteiger partial charge in [0.1, 0.15) is 27.8 Å². The second-order valence-corrected chi connectivity index (χ2v) is 9.74.